The van der Waals surface area contributed by atoms with E-state index < -0.39 is 17.4 Å². The van der Waals surface area contributed by atoms with Crippen LogP contribution in [-0.4, -0.2) is 52.5 Å². The smallest absolute Gasteiger partial charge is 0.327 e. The molecule has 5 nitrogen and oxygen atoms in total. The van der Waals surface area contributed by atoms with Crippen LogP contribution in [0.4, 0.5) is 0 Å². The number of amides is 1. The maximum atomic E-state index is 12.8. The summed E-state index contributed by atoms with van der Waals surface area (Å²) in [4.78, 5) is 25.7. The number of carbonyl (C=O) groups is 2. The standard InChI is InChI=1S/C13H22N2O3S/c14-9-13(4-2-1-3-5-13)12(18)15-6-7-19-8-10(15)11(16)17/h10H,1-9,14H2,(H,16,17). The molecule has 1 saturated heterocycles. The Labute approximate surface area is 117 Å². The summed E-state index contributed by atoms with van der Waals surface area (Å²) in [6.45, 7) is 0.865. The summed E-state index contributed by atoms with van der Waals surface area (Å²) >= 11 is 1.60. The zero-order valence-corrected chi connectivity index (χ0v) is 12.0. The molecule has 0 spiro atoms. The molecule has 1 amide bonds. The lowest BCUT2D eigenvalue weighted by Crippen LogP contribution is -2.57. The van der Waals surface area contributed by atoms with Crippen LogP contribution in [0.1, 0.15) is 32.1 Å². The van der Waals surface area contributed by atoms with Gasteiger partial charge in [0, 0.05) is 24.6 Å². The van der Waals surface area contributed by atoms with Gasteiger partial charge in [-0.15, -0.1) is 0 Å². The Morgan fingerprint density at radius 1 is 1.32 bits per heavy atom. The first-order chi connectivity index (χ1) is 9.10. The highest BCUT2D eigenvalue weighted by molar-refractivity contribution is 7.99. The lowest BCUT2D eigenvalue weighted by Gasteiger charge is -2.42. The van der Waals surface area contributed by atoms with E-state index in [-0.39, 0.29) is 5.91 Å². The van der Waals surface area contributed by atoms with E-state index in [0.717, 1.165) is 37.9 Å². The molecule has 3 N–H and O–H groups in total. The van der Waals surface area contributed by atoms with E-state index in [4.69, 9.17) is 5.73 Å². The summed E-state index contributed by atoms with van der Waals surface area (Å²) in [7, 11) is 0. The van der Waals surface area contributed by atoms with Gasteiger partial charge in [0.25, 0.3) is 0 Å². The number of hydrogen-bond donors (Lipinski definition) is 2. The predicted octanol–water partition coefficient (Wildman–Crippen LogP) is 0.924. The zero-order valence-electron chi connectivity index (χ0n) is 11.1. The fourth-order valence-electron chi connectivity index (χ4n) is 3.09. The predicted molar refractivity (Wildman–Crippen MR) is 75.0 cm³/mol. The maximum absolute atomic E-state index is 12.8. The minimum absolute atomic E-state index is 0.0256. The minimum atomic E-state index is -0.900. The molecule has 19 heavy (non-hydrogen) atoms. The third-order valence-corrected chi connectivity index (χ3v) is 5.35. The van der Waals surface area contributed by atoms with Crippen molar-refractivity contribution >= 4 is 23.6 Å². The average Bonchev–Trinajstić information content (AvgIpc) is 2.47. The molecule has 1 aliphatic carbocycles. The highest BCUT2D eigenvalue weighted by Crippen LogP contribution is 2.38. The summed E-state index contributed by atoms with van der Waals surface area (Å²) in [5.41, 5.74) is 5.36. The van der Waals surface area contributed by atoms with E-state index in [2.05, 4.69) is 0 Å². The fraction of sp³-hybridized carbons (Fsp3) is 0.846. The Kier molecular flexibility index (Phi) is 4.73. The molecule has 0 aromatic carbocycles. The van der Waals surface area contributed by atoms with Gasteiger partial charge in [-0.25, -0.2) is 4.79 Å². The van der Waals surface area contributed by atoms with E-state index in [9.17, 15) is 14.7 Å². The van der Waals surface area contributed by atoms with Crippen molar-refractivity contribution in [3.63, 3.8) is 0 Å². The van der Waals surface area contributed by atoms with Crippen molar-refractivity contribution in [2.75, 3.05) is 24.6 Å². The summed E-state index contributed by atoms with van der Waals surface area (Å²) in [6.07, 6.45) is 4.79. The molecule has 2 rings (SSSR count). The van der Waals surface area contributed by atoms with Crippen LogP contribution in [-0.2, 0) is 9.59 Å². The lowest BCUT2D eigenvalue weighted by molar-refractivity contribution is -0.155. The van der Waals surface area contributed by atoms with E-state index in [0.29, 0.717) is 18.8 Å². The van der Waals surface area contributed by atoms with Crippen molar-refractivity contribution in [3.8, 4) is 0 Å². The second-order valence-electron chi connectivity index (χ2n) is 5.47. The van der Waals surface area contributed by atoms with Crippen LogP contribution in [0.5, 0.6) is 0 Å². The highest BCUT2D eigenvalue weighted by atomic mass is 32.2. The third-order valence-electron chi connectivity index (χ3n) is 4.33. The van der Waals surface area contributed by atoms with Gasteiger partial charge < -0.3 is 15.7 Å². The van der Waals surface area contributed by atoms with Crippen molar-refractivity contribution in [3.05, 3.63) is 0 Å². The first-order valence-electron chi connectivity index (χ1n) is 6.92. The molecule has 1 saturated carbocycles. The first kappa shape index (κ1) is 14.7. The van der Waals surface area contributed by atoms with Gasteiger partial charge in [0.05, 0.1) is 5.41 Å². The van der Waals surface area contributed by atoms with Crippen molar-refractivity contribution in [1.82, 2.24) is 4.90 Å². The Bertz CT molecular complexity index is 356. The van der Waals surface area contributed by atoms with Gasteiger partial charge in [-0.05, 0) is 12.8 Å². The Balaban J connectivity index is 2.17. The quantitative estimate of drug-likeness (QED) is 0.806. The number of hydrogen-bond acceptors (Lipinski definition) is 4. The average molecular weight is 286 g/mol. The second-order valence-corrected chi connectivity index (χ2v) is 6.62. The molecule has 1 aliphatic heterocycles. The van der Waals surface area contributed by atoms with Crippen LogP contribution in [0.2, 0.25) is 0 Å². The largest absolute Gasteiger partial charge is 0.480 e. The van der Waals surface area contributed by atoms with Crippen molar-refractivity contribution in [2.24, 2.45) is 11.1 Å². The maximum Gasteiger partial charge on any atom is 0.327 e. The fourth-order valence-corrected chi connectivity index (χ4v) is 4.13. The molecule has 0 radical (unpaired) electrons. The van der Waals surface area contributed by atoms with Crippen LogP contribution in [0.3, 0.4) is 0 Å². The Morgan fingerprint density at radius 2 is 2.00 bits per heavy atom. The normalized spacial score (nSPS) is 27.0. The number of carboxylic acids is 1. The van der Waals surface area contributed by atoms with Crippen LogP contribution < -0.4 is 5.73 Å². The van der Waals surface area contributed by atoms with Crippen LogP contribution in [0.15, 0.2) is 0 Å². The van der Waals surface area contributed by atoms with Gasteiger partial charge in [0.2, 0.25) is 5.91 Å². The molecule has 0 aromatic heterocycles. The molecule has 1 atom stereocenters. The summed E-state index contributed by atoms with van der Waals surface area (Å²) in [6, 6.07) is -0.684. The number of aliphatic carboxylic acids is 1. The summed E-state index contributed by atoms with van der Waals surface area (Å²) in [5, 5.41) is 9.27. The van der Waals surface area contributed by atoms with Gasteiger partial charge in [0.1, 0.15) is 6.04 Å². The summed E-state index contributed by atoms with van der Waals surface area (Å²) < 4.78 is 0. The molecule has 108 valence electrons. The molecule has 6 heteroatoms. The van der Waals surface area contributed by atoms with Gasteiger partial charge >= 0.3 is 5.97 Å². The van der Waals surface area contributed by atoms with Crippen molar-refractivity contribution in [1.29, 1.82) is 0 Å². The highest BCUT2D eigenvalue weighted by Gasteiger charge is 2.44. The number of carbonyl (C=O) groups excluding carboxylic acids is 1. The van der Waals surface area contributed by atoms with E-state index >= 15 is 0 Å². The molecule has 0 aromatic rings. The van der Waals surface area contributed by atoms with Gasteiger partial charge in [0.15, 0.2) is 0 Å². The van der Waals surface area contributed by atoms with Crippen LogP contribution >= 0.6 is 11.8 Å². The Morgan fingerprint density at radius 3 is 2.58 bits per heavy atom. The molecular formula is C13H22N2O3S. The van der Waals surface area contributed by atoms with Gasteiger partial charge in [-0.2, -0.15) is 11.8 Å². The first-order valence-corrected chi connectivity index (χ1v) is 8.08. The van der Waals surface area contributed by atoms with Gasteiger partial charge in [-0.1, -0.05) is 19.3 Å². The van der Waals surface area contributed by atoms with Crippen LogP contribution in [0.25, 0.3) is 0 Å². The number of thioether (sulfide) groups is 1. The SMILES string of the molecule is NCC1(C(=O)N2CCSCC2C(=O)O)CCCCC1. The lowest BCUT2D eigenvalue weighted by atomic mass is 9.73. The second kappa shape index (κ2) is 6.13. The number of nitrogens with two attached hydrogens (primary N) is 1. The molecular weight excluding hydrogens is 264 g/mol. The molecule has 1 heterocycles. The van der Waals surface area contributed by atoms with Gasteiger partial charge in [-0.3, -0.25) is 4.79 Å². The molecule has 2 fully saturated rings. The monoisotopic (exact) mass is 286 g/mol. The topological polar surface area (TPSA) is 83.6 Å². The van der Waals surface area contributed by atoms with E-state index in [1.165, 1.54) is 0 Å². The van der Waals surface area contributed by atoms with E-state index in [1.807, 2.05) is 0 Å². The summed E-state index contributed by atoms with van der Waals surface area (Å²) in [5.74, 6) is 0.378. The van der Waals surface area contributed by atoms with Crippen LogP contribution in [0, 0.1) is 5.41 Å². The third kappa shape index (κ3) is 2.89. The molecule has 0 bridgehead atoms. The number of rotatable bonds is 3. The zero-order chi connectivity index (χ0) is 13.9. The number of nitrogens with zero attached hydrogens (tertiary/aromatic N) is 1. The Hall–Kier alpha value is -0.750. The van der Waals surface area contributed by atoms with Crippen molar-refractivity contribution < 1.29 is 14.7 Å². The van der Waals surface area contributed by atoms with E-state index in [1.54, 1.807) is 16.7 Å². The molecule has 1 unspecified atom stereocenters. The molecule has 2 aliphatic rings. The van der Waals surface area contributed by atoms with Crippen molar-refractivity contribution in [2.45, 2.75) is 38.1 Å². The minimum Gasteiger partial charge on any atom is -0.480 e. The number of carboxylic acid groups (broad SMARTS) is 1.